The maximum absolute atomic E-state index is 4.06. The van der Waals surface area contributed by atoms with Crippen molar-refractivity contribution < 1.29 is 0 Å². The number of hydrazone groups is 1. The van der Waals surface area contributed by atoms with Crippen LogP contribution in [-0.2, 0) is 7.05 Å². The maximum Gasteiger partial charge on any atom is 0.0578 e. The highest BCUT2D eigenvalue weighted by atomic mass is 15.4. The van der Waals surface area contributed by atoms with E-state index in [1.165, 1.54) is 0 Å². The summed E-state index contributed by atoms with van der Waals surface area (Å²) in [5, 5.41) is 9.81. The van der Waals surface area contributed by atoms with Crippen LogP contribution in [-0.4, -0.2) is 35.1 Å². The summed E-state index contributed by atoms with van der Waals surface area (Å²) in [6.45, 7) is 0. The van der Waals surface area contributed by atoms with E-state index in [4.69, 9.17) is 0 Å². The van der Waals surface area contributed by atoms with Crippen LogP contribution < -0.4 is 0 Å². The van der Waals surface area contributed by atoms with E-state index in [0.717, 1.165) is 5.56 Å². The Bertz CT molecular complexity index is 249. The molecule has 4 nitrogen and oxygen atoms in total. The van der Waals surface area contributed by atoms with Gasteiger partial charge < -0.3 is 5.01 Å². The second kappa shape index (κ2) is 3.18. The van der Waals surface area contributed by atoms with E-state index >= 15 is 0 Å². The number of rotatable bonds is 2. The van der Waals surface area contributed by atoms with Crippen molar-refractivity contribution in [1.82, 2.24) is 14.8 Å². The molecule has 1 heterocycles. The molecule has 0 fully saturated rings. The van der Waals surface area contributed by atoms with Crippen molar-refractivity contribution in [2.24, 2.45) is 12.1 Å². The van der Waals surface area contributed by atoms with Crippen LogP contribution in [0.5, 0.6) is 0 Å². The molecule has 1 rings (SSSR count). The number of hydrogen-bond acceptors (Lipinski definition) is 3. The van der Waals surface area contributed by atoms with Gasteiger partial charge in [0.1, 0.15) is 0 Å². The highest BCUT2D eigenvalue weighted by molar-refractivity contribution is 5.78. The first-order valence-electron chi connectivity index (χ1n) is 3.38. The Morgan fingerprint density at radius 3 is 2.82 bits per heavy atom. The molecule has 0 radical (unpaired) electrons. The molecule has 4 heteroatoms. The highest BCUT2D eigenvalue weighted by Crippen LogP contribution is 1.91. The second-order valence-electron chi connectivity index (χ2n) is 2.54. The molecule has 0 saturated carbocycles. The molecular weight excluding hydrogens is 140 g/mol. The predicted octanol–water partition coefficient (Wildman–Crippen LogP) is 0.316. The first kappa shape index (κ1) is 7.78. The highest BCUT2D eigenvalue weighted by Gasteiger charge is 1.89. The summed E-state index contributed by atoms with van der Waals surface area (Å²) in [4.78, 5) is 0. The van der Waals surface area contributed by atoms with Crippen LogP contribution in [0.4, 0.5) is 0 Å². The Morgan fingerprint density at radius 1 is 1.64 bits per heavy atom. The van der Waals surface area contributed by atoms with Gasteiger partial charge in [-0.2, -0.15) is 10.2 Å². The minimum absolute atomic E-state index is 1.02. The minimum atomic E-state index is 1.02. The van der Waals surface area contributed by atoms with Gasteiger partial charge in [0.25, 0.3) is 0 Å². The van der Waals surface area contributed by atoms with Gasteiger partial charge in [0.05, 0.1) is 12.4 Å². The van der Waals surface area contributed by atoms with Crippen LogP contribution in [0.15, 0.2) is 17.5 Å². The lowest BCUT2D eigenvalue weighted by atomic mass is 10.4. The molecule has 0 N–H and O–H groups in total. The summed E-state index contributed by atoms with van der Waals surface area (Å²) in [6, 6.07) is 0. The fraction of sp³-hybridized carbons (Fsp3) is 0.429. The summed E-state index contributed by atoms with van der Waals surface area (Å²) in [5.74, 6) is 0. The van der Waals surface area contributed by atoms with Gasteiger partial charge in [0.15, 0.2) is 0 Å². The molecule has 0 aromatic carbocycles. The van der Waals surface area contributed by atoms with Crippen LogP contribution in [0, 0.1) is 0 Å². The summed E-state index contributed by atoms with van der Waals surface area (Å²) >= 11 is 0. The average Bonchev–Trinajstić information content (AvgIpc) is 2.31. The molecule has 0 amide bonds. The van der Waals surface area contributed by atoms with Crippen molar-refractivity contribution in [3.8, 4) is 0 Å². The molecule has 11 heavy (non-hydrogen) atoms. The van der Waals surface area contributed by atoms with E-state index in [0.29, 0.717) is 0 Å². The zero-order chi connectivity index (χ0) is 8.27. The van der Waals surface area contributed by atoms with Crippen molar-refractivity contribution in [1.29, 1.82) is 0 Å². The van der Waals surface area contributed by atoms with Gasteiger partial charge in [0, 0.05) is 32.9 Å². The van der Waals surface area contributed by atoms with Gasteiger partial charge in [-0.3, -0.25) is 4.68 Å². The summed E-state index contributed by atoms with van der Waals surface area (Å²) in [7, 11) is 5.65. The Hall–Kier alpha value is -1.32. The Balaban J connectivity index is 2.64. The first-order chi connectivity index (χ1) is 5.18. The molecule has 1 aromatic rings. The Morgan fingerprint density at radius 2 is 2.36 bits per heavy atom. The normalized spacial score (nSPS) is 10.8. The molecule has 0 saturated heterocycles. The standard InChI is InChI=1S/C7H12N4/c1-10(2)8-4-7-5-9-11(3)6-7/h4-6H,1-3H3/b8-4-. The van der Waals surface area contributed by atoms with Gasteiger partial charge in [-0.25, -0.2) is 0 Å². The predicted molar refractivity (Wildman–Crippen MR) is 44.5 cm³/mol. The van der Waals surface area contributed by atoms with Crippen LogP contribution in [0.3, 0.4) is 0 Å². The van der Waals surface area contributed by atoms with E-state index in [2.05, 4.69) is 10.2 Å². The van der Waals surface area contributed by atoms with Gasteiger partial charge >= 0.3 is 0 Å². The molecule has 0 spiro atoms. The third kappa shape index (κ3) is 2.41. The van der Waals surface area contributed by atoms with Crippen LogP contribution in [0.2, 0.25) is 0 Å². The maximum atomic E-state index is 4.06. The van der Waals surface area contributed by atoms with Crippen molar-refractivity contribution in [3.05, 3.63) is 18.0 Å². The summed E-state index contributed by atoms with van der Waals surface area (Å²) in [5.41, 5.74) is 1.02. The van der Waals surface area contributed by atoms with Gasteiger partial charge in [0.2, 0.25) is 0 Å². The molecule has 0 bridgehead atoms. The lowest BCUT2D eigenvalue weighted by Gasteiger charge is -2.00. The third-order valence-electron chi connectivity index (χ3n) is 1.16. The number of aryl methyl sites for hydroxylation is 1. The SMILES string of the molecule is CN(C)/N=C\c1cnn(C)c1. The molecule has 0 aliphatic heterocycles. The van der Waals surface area contributed by atoms with Gasteiger partial charge in [-0.1, -0.05) is 0 Å². The lowest BCUT2D eigenvalue weighted by Crippen LogP contribution is -2.01. The second-order valence-corrected chi connectivity index (χ2v) is 2.54. The van der Waals surface area contributed by atoms with Crippen molar-refractivity contribution >= 4 is 6.21 Å². The fourth-order valence-corrected chi connectivity index (χ4v) is 0.689. The molecule has 1 aromatic heterocycles. The molecule has 0 unspecified atom stereocenters. The zero-order valence-corrected chi connectivity index (χ0v) is 7.02. The Labute approximate surface area is 66.1 Å². The zero-order valence-electron chi connectivity index (χ0n) is 7.02. The molecule has 60 valence electrons. The van der Waals surface area contributed by atoms with E-state index < -0.39 is 0 Å². The van der Waals surface area contributed by atoms with Crippen LogP contribution in [0.1, 0.15) is 5.56 Å². The van der Waals surface area contributed by atoms with E-state index in [9.17, 15) is 0 Å². The topological polar surface area (TPSA) is 33.4 Å². The van der Waals surface area contributed by atoms with Crippen LogP contribution in [0.25, 0.3) is 0 Å². The van der Waals surface area contributed by atoms with Crippen molar-refractivity contribution in [3.63, 3.8) is 0 Å². The molecule has 0 aliphatic rings. The van der Waals surface area contributed by atoms with Gasteiger partial charge in [-0.05, 0) is 0 Å². The summed E-state index contributed by atoms with van der Waals surface area (Å²) in [6.07, 6.45) is 5.45. The minimum Gasteiger partial charge on any atom is -0.303 e. The van der Waals surface area contributed by atoms with Crippen molar-refractivity contribution in [2.45, 2.75) is 0 Å². The number of hydrogen-bond donors (Lipinski definition) is 0. The number of aromatic nitrogens is 2. The van der Waals surface area contributed by atoms with E-state index in [1.54, 1.807) is 22.1 Å². The van der Waals surface area contributed by atoms with Crippen molar-refractivity contribution in [2.75, 3.05) is 14.1 Å². The monoisotopic (exact) mass is 152 g/mol. The first-order valence-corrected chi connectivity index (χ1v) is 3.38. The molecular formula is C7H12N4. The quantitative estimate of drug-likeness (QED) is 0.451. The van der Waals surface area contributed by atoms with Gasteiger partial charge in [-0.15, -0.1) is 0 Å². The molecule has 0 atom stereocenters. The van der Waals surface area contributed by atoms with E-state index in [1.807, 2.05) is 27.3 Å². The summed E-state index contributed by atoms with van der Waals surface area (Å²) < 4.78 is 1.75. The number of nitrogens with zero attached hydrogens (tertiary/aromatic N) is 4. The van der Waals surface area contributed by atoms with Crippen LogP contribution >= 0.6 is 0 Å². The smallest absolute Gasteiger partial charge is 0.0578 e. The lowest BCUT2D eigenvalue weighted by molar-refractivity contribution is 0.440. The fourth-order valence-electron chi connectivity index (χ4n) is 0.689. The average molecular weight is 152 g/mol. The third-order valence-corrected chi connectivity index (χ3v) is 1.16. The largest absolute Gasteiger partial charge is 0.303 e. The molecule has 0 aliphatic carbocycles. The Kier molecular flexibility index (Phi) is 2.25. The van der Waals surface area contributed by atoms with E-state index in [-0.39, 0.29) is 0 Å².